The van der Waals surface area contributed by atoms with Crippen LogP contribution in [-0.4, -0.2) is 55.1 Å². The zero-order valence-electron chi connectivity index (χ0n) is 15.9. The molecule has 0 saturated carbocycles. The van der Waals surface area contributed by atoms with Gasteiger partial charge < -0.3 is 15.5 Å². The number of nitrogens with one attached hydrogen (secondary N) is 2. The minimum Gasteiger partial charge on any atom is -0.357 e. The van der Waals surface area contributed by atoms with Crippen LogP contribution in [0.2, 0.25) is 0 Å². The molecule has 0 radical (unpaired) electrons. The van der Waals surface area contributed by atoms with Crippen LogP contribution in [0.5, 0.6) is 0 Å². The van der Waals surface area contributed by atoms with Crippen LogP contribution in [0.15, 0.2) is 10.4 Å². The van der Waals surface area contributed by atoms with Crippen LogP contribution in [0.25, 0.3) is 0 Å². The summed E-state index contributed by atoms with van der Waals surface area (Å²) in [5.41, 5.74) is 1.17. The summed E-state index contributed by atoms with van der Waals surface area (Å²) < 4.78 is 0. The number of aryl methyl sites for hydroxylation is 1. The third-order valence-corrected chi connectivity index (χ3v) is 5.29. The van der Waals surface area contributed by atoms with Crippen molar-refractivity contribution in [2.45, 2.75) is 46.5 Å². The van der Waals surface area contributed by atoms with Crippen molar-refractivity contribution in [3.05, 3.63) is 16.1 Å². The van der Waals surface area contributed by atoms with E-state index >= 15 is 0 Å². The van der Waals surface area contributed by atoms with E-state index in [1.807, 2.05) is 0 Å². The fraction of sp³-hybridized carbons (Fsp3) is 0.778. The Kier molecular flexibility index (Phi) is 11.6. The van der Waals surface area contributed by atoms with Crippen molar-refractivity contribution in [3.63, 3.8) is 0 Å². The van der Waals surface area contributed by atoms with Gasteiger partial charge in [0.15, 0.2) is 5.96 Å². The number of guanidine groups is 1. The molecule has 7 heteroatoms. The molecule has 0 bridgehead atoms. The summed E-state index contributed by atoms with van der Waals surface area (Å²) in [7, 11) is 0. The topological polar surface area (TPSA) is 52.6 Å². The summed E-state index contributed by atoms with van der Waals surface area (Å²) in [6.45, 7) is 12.9. The van der Waals surface area contributed by atoms with Gasteiger partial charge in [0.2, 0.25) is 0 Å². The third kappa shape index (κ3) is 9.19. The summed E-state index contributed by atoms with van der Waals surface area (Å²) in [6.07, 6.45) is 4.78. The highest BCUT2D eigenvalue weighted by Crippen LogP contribution is 2.15. The molecule has 1 aromatic heterocycles. The molecule has 0 aromatic carbocycles. The maximum atomic E-state index is 4.70. The van der Waals surface area contributed by atoms with Gasteiger partial charge >= 0.3 is 0 Å². The van der Waals surface area contributed by atoms with Crippen LogP contribution < -0.4 is 10.6 Å². The lowest BCUT2D eigenvalue weighted by atomic mass is 9.99. The highest BCUT2D eigenvalue weighted by Gasteiger charge is 2.14. The molecule has 25 heavy (non-hydrogen) atoms. The third-order valence-electron chi connectivity index (χ3n) is 4.46. The van der Waals surface area contributed by atoms with Gasteiger partial charge in [-0.3, -0.25) is 4.99 Å². The summed E-state index contributed by atoms with van der Waals surface area (Å²) in [4.78, 5) is 11.8. The van der Waals surface area contributed by atoms with Gasteiger partial charge in [-0.25, -0.2) is 4.98 Å². The van der Waals surface area contributed by atoms with Crippen LogP contribution in [0.4, 0.5) is 0 Å². The van der Waals surface area contributed by atoms with E-state index in [9.17, 15) is 0 Å². The maximum Gasteiger partial charge on any atom is 0.191 e. The van der Waals surface area contributed by atoms with Crippen molar-refractivity contribution in [1.29, 1.82) is 0 Å². The Morgan fingerprint density at radius 1 is 1.36 bits per heavy atom. The van der Waals surface area contributed by atoms with Crippen LogP contribution in [0.1, 0.15) is 43.8 Å². The highest BCUT2D eigenvalue weighted by molar-refractivity contribution is 14.0. The van der Waals surface area contributed by atoms with Gasteiger partial charge in [0.1, 0.15) is 0 Å². The number of halogens is 1. The SMILES string of the molecule is CCNC(=NCCCN1CCC(C)CC1)NCCc1csc(C)n1.I. The molecule has 1 saturated heterocycles. The van der Waals surface area contributed by atoms with Crippen molar-refractivity contribution in [3.8, 4) is 0 Å². The summed E-state index contributed by atoms with van der Waals surface area (Å²) in [5.74, 6) is 1.84. The van der Waals surface area contributed by atoms with Crippen LogP contribution in [-0.2, 0) is 6.42 Å². The molecule has 2 N–H and O–H groups in total. The minimum absolute atomic E-state index is 0. The number of hydrogen-bond donors (Lipinski definition) is 2. The molecule has 0 spiro atoms. The molecule has 2 rings (SSSR count). The van der Waals surface area contributed by atoms with Crippen LogP contribution in [0.3, 0.4) is 0 Å². The first-order valence-electron chi connectivity index (χ1n) is 9.33. The predicted molar refractivity (Wildman–Crippen MR) is 119 cm³/mol. The maximum absolute atomic E-state index is 4.70. The lowest BCUT2D eigenvalue weighted by Crippen LogP contribution is -2.38. The van der Waals surface area contributed by atoms with Gasteiger partial charge in [-0.15, -0.1) is 35.3 Å². The molecule has 1 fully saturated rings. The van der Waals surface area contributed by atoms with E-state index in [4.69, 9.17) is 4.99 Å². The second-order valence-electron chi connectivity index (χ2n) is 6.67. The summed E-state index contributed by atoms with van der Waals surface area (Å²) in [5, 5.41) is 10.0. The molecule has 0 amide bonds. The molecule has 0 atom stereocenters. The van der Waals surface area contributed by atoms with Gasteiger partial charge in [0.25, 0.3) is 0 Å². The normalized spacial score (nSPS) is 16.5. The van der Waals surface area contributed by atoms with E-state index in [-0.39, 0.29) is 24.0 Å². The van der Waals surface area contributed by atoms with Crippen LogP contribution >= 0.6 is 35.3 Å². The summed E-state index contributed by atoms with van der Waals surface area (Å²) >= 11 is 1.71. The Bertz CT molecular complexity index is 497. The Balaban J connectivity index is 0.00000312. The first-order chi connectivity index (χ1) is 11.7. The van der Waals surface area contributed by atoms with Crippen molar-refractivity contribution in [2.24, 2.45) is 10.9 Å². The fourth-order valence-corrected chi connectivity index (χ4v) is 3.59. The molecule has 5 nitrogen and oxygen atoms in total. The van der Waals surface area contributed by atoms with Gasteiger partial charge in [-0.2, -0.15) is 0 Å². The number of likely N-dealkylation sites (tertiary alicyclic amines) is 1. The first-order valence-corrected chi connectivity index (χ1v) is 10.2. The standard InChI is InChI=1S/C18H33N5S.HI/c1-4-19-18(21-10-6-17-14-24-16(3)22-17)20-9-5-11-23-12-7-15(2)8-13-23;/h14-15H,4-13H2,1-3H3,(H2,19,20,21);1H. The number of aromatic nitrogens is 1. The highest BCUT2D eigenvalue weighted by atomic mass is 127. The Labute approximate surface area is 174 Å². The second-order valence-corrected chi connectivity index (χ2v) is 7.74. The van der Waals surface area contributed by atoms with E-state index in [1.165, 1.54) is 38.2 Å². The van der Waals surface area contributed by atoms with E-state index in [2.05, 4.69) is 46.7 Å². The van der Waals surface area contributed by atoms with Gasteiger partial charge in [0, 0.05) is 31.4 Å². The van der Waals surface area contributed by atoms with Crippen molar-refractivity contribution >= 4 is 41.3 Å². The number of thiazole rings is 1. The number of nitrogens with zero attached hydrogens (tertiary/aromatic N) is 3. The van der Waals surface area contributed by atoms with E-state index in [0.29, 0.717) is 0 Å². The minimum atomic E-state index is 0. The molecular weight excluding hydrogens is 445 g/mol. The average molecular weight is 479 g/mol. The second kappa shape index (κ2) is 12.9. The van der Waals surface area contributed by atoms with Gasteiger partial charge in [-0.05, 0) is 58.7 Å². The number of rotatable bonds is 8. The van der Waals surface area contributed by atoms with Gasteiger partial charge in [0.05, 0.1) is 10.7 Å². The molecular formula is C18H34IN5S. The lowest BCUT2D eigenvalue weighted by Gasteiger charge is -2.29. The number of hydrogen-bond acceptors (Lipinski definition) is 4. The molecule has 144 valence electrons. The van der Waals surface area contributed by atoms with Gasteiger partial charge in [-0.1, -0.05) is 6.92 Å². The molecule has 2 heterocycles. The van der Waals surface area contributed by atoms with E-state index in [1.54, 1.807) is 11.3 Å². The van der Waals surface area contributed by atoms with Crippen molar-refractivity contribution in [2.75, 3.05) is 39.3 Å². The average Bonchev–Trinajstić information content (AvgIpc) is 2.98. The zero-order valence-corrected chi connectivity index (χ0v) is 19.0. The fourth-order valence-electron chi connectivity index (χ4n) is 2.94. The number of piperidine rings is 1. The molecule has 1 aliphatic rings. The molecule has 0 aliphatic carbocycles. The van der Waals surface area contributed by atoms with Crippen molar-refractivity contribution in [1.82, 2.24) is 20.5 Å². The lowest BCUT2D eigenvalue weighted by molar-refractivity contribution is 0.192. The van der Waals surface area contributed by atoms with E-state index in [0.717, 1.165) is 49.4 Å². The largest absolute Gasteiger partial charge is 0.357 e. The summed E-state index contributed by atoms with van der Waals surface area (Å²) in [6, 6.07) is 0. The first kappa shape index (κ1) is 22.6. The monoisotopic (exact) mass is 479 g/mol. The molecule has 0 unspecified atom stereocenters. The Morgan fingerprint density at radius 2 is 2.12 bits per heavy atom. The van der Waals surface area contributed by atoms with E-state index < -0.39 is 0 Å². The predicted octanol–water partition coefficient (Wildman–Crippen LogP) is 3.29. The quantitative estimate of drug-likeness (QED) is 0.260. The molecule has 1 aromatic rings. The van der Waals surface area contributed by atoms with Crippen LogP contribution in [0, 0.1) is 12.8 Å². The van der Waals surface area contributed by atoms with Crippen molar-refractivity contribution < 1.29 is 0 Å². The number of aliphatic imine (C=N–C) groups is 1. The Morgan fingerprint density at radius 3 is 2.76 bits per heavy atom. The Hall–Kier alpha value is -0.410. The molecule has 1 aliphatic heterocycles. The smallest absolute Gasteiger partial charge is 0.191 e. The zero-order chi connectivity index (χ0) is 17.2.